The molecule has 0 saturated carbocycles. The lowest BCUT2D eigenvalue weighted by atomic mass is 10.3. The highest BCUT2D eigenvalue weighted by Crippen LogP contribution is 2.20. The van der Waals surface area contributed by atoms with Gasteiger partial charge in [0.05, 0.1) is 6.61 Å². The van der Waals surface area contributed by atoms with Crippen LogP contribution in [0.5, 0.6) is 0 Å². The van der Waals surface area contributed by atoms with Crippen molar-refractivity contribution in [3.8, 4) is 0 Å². The number of nitrogens with zero attached hydrogens (tertiary/aromatic N) is 1. The molecule has 1 aromatic rings. The fourth-order valence-corrected chi connectivity index (χ4v) is 2.90. The molecular weight excluding hydrogens is 252 g/mol. The van der Waals surface area contributed by atoms with Crippen LogP contribution in [0.3, 0.4) is 0 Å². The highest BCUT2D eigenvalue weighted by molar-refractivity contribution is 7.89. The van der Waals surface area contributed by atoms with Crippen LogP contribution >= 0.6 is 0 Å². The first-order valence-corrected chi connectivity index (χ1v) is 6.44. The number of likely N-dealkylation sites (N-methyl/N-ethyl adjacent to an activating group) is 1. The zero-order chi connectivity index (χ0) is 13.1. The van der Waals surface area contributed by atoms with Crippen LogP contribution in [0, 0.1) is 11.6 Å². The van der Waals surface area contributed by atoms with E-state index >= 15 is 0 Å². The van der Waals surface area contributed by atoms with Crippen LogP contribution in [0.4, 0.5) is 8.78 Å². The first kappa shape index (κ1) is 14.0. The van der Waals surface area contributed by atoms with Crippen molar-refractivity contribution in [1.29, 1.82) is 0 Å². The molecule has 1 aromatic carbocycles. The monoisotopic (exact) mass is 265 g/mol. The second-order valence-electron chi connectivity index (χ2n) is 3.27. The predicted octanol–water partition coefficient (Wildman–Crippen LogP) is 0.968. The Morgan fingerprint density at radius 2 is 2.00 bits per heavy atom. The Hall–Kier alpha value is -1.05. The standard InChI is InChI=1S/C10H13F2NO3S/c1-2-13(6-7-14)17(15,16)9-5-3-4-8(11)10(9)12/h3-5,14H,2,6-7H2,1H3. The lowest BCUT2D eigenvalue weighted by Gasteiger charge is -2.19. The van der Waals surface area contributed by atoms with E-state index in [0.29, 0.717) is 0 Å². The summed E-state index contributed by atoms with van der Waals surface area (Å²) in [5, 5.41) is 8.73. The molecule has 0 aliphatic rings. The van der Waals surface area contributed by atoms with E-state index in [-0.39, 0.29) is 19.7 Å². The highest BCUT2D eigenvalue weighted by Gasteiger charge is 2.27. The Balaban J connectivity index is 3.25. The number of halogens is 2. The van der Waals surface area contributed by atoms with Gasteiger partial charge in [0.25, 0.3) is 0 Å². The van der Waals surface area contributed by atoms with Crippen LogP contribution in [-0.4, -0.2) is 37.5 Å². The van der Waals surface area contributed by atoms with E-state index in [9.17, 15) is 17.2 Å². The number of benzene rings is 1. The summed E-state index contributed by atoms with van der Waals surface area (Å²) < 4.78 is 51.1. The molecule has 0 unspecified atom stereocenters. The van der Waals surface area contributed by atoms with Crippen molar-refractivity contribution in [3.05, 3.63) is 29.8 Å². The van der Waals surface area contributed by atoms with Crippen molar-refractivity contribution >= 4 is 10.0 Å². The van der Waals surface area contributed by atoms with E-state index in [1.165, 1.54) is 0 Å². The van der Waals surface area contributed by atoms with E-state index < -0.39 is 26.6 Å². The summed E-state index contributed by atoms with van der Waals surface area (Å²) in [6, 6.07) is 2.96. The van der Waals surface area contributed by atoms with Gasteiger partial charge >= 0.3 is 0 Å². The maximum absolute atomic E-state index is 13.4. The lowest BCUT2D eigenvalue weighted by molar-refractivity contribution is 0.256. The average molecular weight is 265 g/mol. The number of aliphatic hydroxyl groups excluding tert-OH is 1. The molecule has 0 amide bonds. The Morgan fingerprint density at radius 1 is 1.35 bits per heavy atom. The van der Waals surface area contributed by atoms with E-state index in [2.05, 4.69) is 0 Å². The molecule has 7 heteroatoms. The SMILES string of the molecule is CCN(CCO)S(=O)(=O)c1cccc(F)c1F. The molecule has 0 aliphatic heterocycles. The van der Waals surface area contributed by atoms with Crippen LogP contribution in [-0.2, 0) is 10.0 Å². The molecule has 4 nitrogen and oxygen atoms in total. The second-order valence-corrected chi connectivity index (χ2v) is 5.18. The Bertz CT molecular complexity index is 490. The Labute approximate surface area is 98.5 Å². The van der Waals surface area contributed by atoms with E-state index in [1.54, 1.807) is 6.92 Å². The molecule has 0 heterocycles. The van der Waals surface area contributed by atoms with Crippen molar-refractivity contribution in [2.45, 2.75) is 11.8 Å². The summed E-state index contributed by atoms with van der Waals surface area (Å²) in [5.74, 6) is -2.62. The summed E-state index contributed by atoms with van der Waals surface area (Å²) in [4.78, 5) is -0.715. The van der Waals surface area contributed by atoms with Gasteiger partial charge in [0.2, 0.25) is 10.0 Å². The normalized spacial score (nSPS) is 12.1. The molecule has 0 fully saturated rings. The summed E-state index contributed by atoms with van der Waals surface area (Å²) in [6.07, 6.45) is 0. The zero-order valence-corrected chi connectivity index (χ0v) is 10.0. The summed E-state index contributed by atoms with van der Waals surface area (Å²) >= 11 is 0. The molecule has 1 rings (SSSR count). The lowest BCUT2D eigenvalue weighted by Crippen LogP contribution is -2.34. The molecule has 0 aromatic heterocycles. The second kappa shape index (κ2) is 5.52. The van der Waals surface area contributed by atoms with Gasteiger partial charge in [0.1, 0.15) is 4.90 Å². The van der Waals surface area contributed by atoms with Gasteiger partial charge in [-0.25, -0.2) is 17.2 Å². The maximum Gasteiger partial charge on any atom is 0.246 e. The van der Waals surface area contributed by atoms with Crippen LogP contribution < -0.4 is 0 Å². The summed E-state index contributed by atoms with van der Waals surface area (Å²) in [5.41, 5.74) is 0. The first-order chi connectivity index (χ1) is 7.95. The van der Waals surface area contributed by atoms with E-state index in [0.717, 1.165) is 22.5 Å². The third kappa shape index (κ3) is 2.80. The quantitative estimate of drug-likeness (QED) is 0.863. The van der Waals surface area contributed by atoms with Crippen LogP contribution in [0.15, 0.2) is 23.1 Å². The van der Waals surface area contributed by atoms with E-state index in [4.69, 9.17) is 5.11 Å². The topological polar surface area (TPSA) is 57.6 Å². The van der Waals surface area contributed by atoms with Crippen molar-refractivity contribution in [3.63, 3.8) is 0 Å². The Kier molecular flexibility index (Phi) is 4.55. The van der Waals surface area contributed by atoms with Crippen molar-refractivity contribution in [2.75, 3.05) is 19.7 Å². The Morgan fingerprint density at radius 3 is 2.53 bits per heavy atom. The molecule has 0 radical (unpaired) electrons. The van der Waals surface area contributed by atoms with Gasteiger partial charge in [0, 0.05) is 13.1 Å². The molecule has 1 N–H and O–H groups in total. The molecule has 0 spiro atoms. The van der Waals surface area contributed by atoms with Crippen LogP contribution in [0.25, 0.3) is 0 Å². The van der Waals surface area contributed by atoms with Crippen molar-refractivity contribution in [2.24, 2.45) is 0 Å². The fraction of sp³-hybridized carbons (Fsp3) is 0.400. The summed E-state index contributed by atoms with van der Waals surface area (Å²) in [7, 11) is -4.11. The fourth-order valence-electron chi connectivity index (χ4n) is 1.38. The number of aliphatic hydroxyl groups is 1. The van der Waals surface area contributed by atoms with Crippen LogP contribution in [0.2, 0.25) is 0 Å². The zero-order valence-electron chi connectivity index (χ0n) is 9.23. The molecule has 17 heavy (non-hydrogen) atoms. The van der Waals surface area contributed by atoms with Crippen LogP contribution in [0.1, 0.15) is 6.92 Å². The maximum atomic E-state index is 13.4. The average Bonchev–Trinajstić information content (AvgIpc) is 2.29. The third-order valence-corrected chi connectivity index (χ3v) is 4.23. The first-order valence-electron chi connectivity index (χ1n) is 5.00. The molecule has 0 saturated heterocycles. The number of hydrogen-bond donors (Lipinski definition) is 1. The van der Waals surface area contributed by atoms with Gasteiger partial charge in [-0.1, -0.05) is 13.0 Å². The largest absolute Gasteiger partial charge is 0.395 e. The molecule has 0 aliphatic carbocycles. The smallest absolute Gasteiger partial charge is 0.246 e. The molecular formula is C10H13F2NO3S. The van der Waals surface area contributed by atoms with Gasteiger partial charge in [-0.05, 0) is 12.1 Å². The minimum atomic E-state index is -4.11. The van der Waals surface area contributed by atoms with E-state index in [1.807, 2.05) is 0 Å². The van der Waals surface area contributed by atoms with Gasteiger partial charge in [-0.2, -0.15) is 4.31 Å². The van der Waals surface area contributed by atoms with Crippen molar-refractivity contribution < 1.29 is 22.3 Å². The van der Waals surface area contributed by atoms with Gasteiger partial charge in [-0.3, -0.25) is 0 Å². The minimum absolute atomic E-state index is 0.0683. The van der Waals surface area contributed by atoms with Gasteiger partial charge < -0.3 is 5.11 Å². The number of hydrogen-bond acceptors (Lipinski definition) is 3. The minimum Gasteiger partial charge on any atom is -0.395 e. The number of sulfonamides is 1. The molecule has 0 bridgehead atoms. The highest BCUT2D eigenvalue weighted by atomic mass is 32.2. The van der Waals surface area contributed by atoms with Crippen molar-refractivity contribution in [1.82, 2.24) is 4.31 Å². The molecule has 96 valence electrons. The third-order valence-electron chi connectivity index (χ3n) is 2.24. The molecule has 0 atom stereocenters. The van der Waals surface area contributed by atoms with Gasteiger partial charge in [0.15, 0.2) is 11.6 Å². The number of rotatable bonds is 5. The summed E-state index contributed by atoms with van der Waals surface area (Å²) in [6.45, 7) is 1.07. The van der Waals surface area contributed by atoms with Gasteiger partial charge in [-0.15, -0.1) is 0 Å². The predicted molar refractivity (Wildman–Crippen MR) is 57.9 cm³/mol.